The number of carbonyl (C=O) groups is 2. The Morgan fingerprint density at radius 2 is 1.05 bits per heavy atom. The summed E-state index contributed by atoms with van der Waals surface area (Å²) in [6.45, 7) is 13.2. The third kappa shape index (κ3) is 9.34. The summed E-state index contributed by atoms with van der Waals surface area (Å²) in [6, 6.07) is 31.6. The SMILES string of the molecule is CC(C)(C)c1ccc(C(N)=O)c(CCc2ccccc2)c1.CC(C)(C)c1ccc(C(N)=O)c(COc2ccccc2)c1. The van der Waals surface area contributed by atoms with E-state index in [0.29, 0.717) is 17.7 Å². The van der Waals surface area contributed by atoms with Crippen molar-refractivity contribution in [2.45, 2.75) is 71.8 Å². The minimum absolute atomic E-state index is 0.0116. The van der Waals surface area contributed by atoms with Crippen molar-refractivity contribution in [2.75, 3.05) is 0 Å². The minimum atomic E-state index is -0.429. The van der Waals surface area contributed by atoms with Crippen LogP contribution < -0.4 is 16.2 Å². The van der Waals surface area contributed by atoms with Crippen LogP contribution in [0.1, 0.15) is 90.1 Å². The van der Waals surface area contributed by atoms with Crippen molar-refractivity contribution in [3.63, 3.8) is 0 Å². The third-order valence-corrected chi connectivity index (χ3v) is 7.14. The average molecular weight is 565 g/mol. The molecule has 0 heterocycles. The Labute approximate surface area is 250 Å². The van der Waals surface area contributed by atoms with Gasteiger partial charge in [-0.2, -0.15) is 0 Å². The van der Waals surface area contributed by atoms with Gasteiger partial charge in [0, 0.05) is 16.7 Å². The number of rotatable bonds is 8. The standard InChI is InChI=1S/C19H23NO.C18H21NO2/c1-19(2,3)16-11-12-17(18(20)21)15(13-16)10-9-14-7-5-4-6-8-14;1-18(2,3)14-9-10-16(17(19)20)13(11-14)12-21-15-7-5-4-6-8-15/h4-8,11-13H,9-10H2,1-3H3,(H2,20,21);4-11H,12H2,1-3H3,(H2,19,20). The van der Waals surface area contributed by atoms with Crippen molar-refractivity contribution in [3.8, 4) is 5.75 Å². The van der Waals surface area contributed by atoms with Crippen LogP contribution in [0.15, 0.2) is 97.1 Å². The van der Waals surface area contributed by atoms with Gasteiger partial charge in [0.15, 0.2) is 0 Å². The quantitative estimate of drug-likeness (QED) is 0.232. The van der Waals surface area contributed by atoms with E-state index in [1.807, 2.05) is 72.8 Å². The highest BCUT2D eigenvalue weighted by Gasteiger charge is 2.18. The largest absolute Gasteiger partial charge is 0.489 e. The fourth-order valence-corrected chi connectivity index (χ4v) is 4.53. The number of aryl methyl sites for hydroxylation is 2. The van der Waals surface area contributed by atoms with Gasteiger partial charge in [0.25, 0.3) is 0 Å². The van der Waals surface area contributed by atoms with Gasteiger partial charge >= 0.3 is 0 Å². The molecule has 0 bridgehead atoms. The summed E-state index contributed by atoms with van der Waals surface area (Å²) in [7, 11) is 0. The van der Waals surface area contributed by atoms with Gasteiger partial charge in [-0.3, -0.25) is 9.59 Å². The zero-order valence-corrected chi connectivity index (χ0v) is 25.7. The maximum atomic E-state index is 11.6. The molecule has 4 aromatic rings. The highest BCUT2D eigenvalue weighted by molar-refractivity contribution is 5.95. The topological polar surface area (TPSA) is 95.4 Å². The van der Waals surface area contributed by atoms with Gasteiger partial charge < -0.3 is 16.2 Å². The van der Waals surface area contributed by atoms with Crippen LogP contribution in [0.5, 0.6) is 5.75 Å². The number of para-hydroxylation sites is 1. The highest BCUT2D eigenvalue weighted by Crippen LogP contribution is 2.27. The van der Waals surface area contributed by atoms with Crippen LogP contribution in [0.3, 0.4) is 0 Å². The van der Waals surface area contributed by atoms with Gasteiger partial charge in [-0.25, -0.2) is 0 Å². The Balaban J connectivity index is 0.000000230. The van der Waals surface area contributed by atoms with Crippen molar-refractivity contribution in [1.29, 1.82) is 0 Å². The van der Waals surface area contributed by atoms with E-state index < -0.39 is 5.91 Å². The average Bonchev–Trinajstić information content (AvgIpc) is 2.95. The maximum absolute atomic E-state index is 11.6. The monoisotopic (exact) mass is 564 g/mol. The molecule has 0 unspecified atom stereocenters. The van der Waals surface area contributed by atoms with E-state index in [1.54, 1.807) is 6.07 Å². The van der Waals surface area contributed by atoms with Crippen LogP contribution in [-0.4, -0.2) is 11.8 Å². The molecule has 0 saturated carbocycles. The van der Waals surface area contributed by atoms with E-state index in [1.165, 1.54) is 11.1 Å². The maximum Gasteiger partial charge on any atom is 0.249 e. The summed E-state index contributed by atoms with van der Waals surface area (Å²) < 4.78 is 5.74. The molecule has 0 spiro atoms. The number of ether oxygens (including phenoxy) is 1. The Morgan fingerprint density at radius 3 is 1.52 bits per heavy atom. The molecule has 42 heavy (non-hydrogen) atoms. The second kappa shape index (κ2) is 14.0. The molecular formula is C37H44N2O3. The predicted octanol–water partition coefficient (Wildman–Crippen LogP) is 7.53. The Hall–Kier alpha value is -4.38. The van der Waals surface area contributed by atoms with Gasteiger partial charge in [0.05, 0.1) is 0 Å². The van der Waals surface area contributed by atoms with Gasteiger partial charge in [-0.05, 0) is 70.2 Å². The van der Waals surface area contributed by atoms with E-state index >= 15 is 0 Å². The number of nitrogens with two attached hydrogens (primary N) is 2. The van der Waals surface area contributed by atoms with Crippen LogP contribution in [-0.2, 0) is 30.3 Å². The summed E-state index contributed by atoms with van der Waals surface area (Å²) >= 11 is 0. The fraction of sp³-hybridized carbons (Fsp3) is 0.297. The van der Waals surface area contributed by atoms with Crippen LogP contribution >= 0.6 is 0 Å². The highest BCUT2D eigenvalue weighted by atomic mass is 16.5. The number of amides is 2. The van der Waals surface area contributed by atoms with Gasteiger partial charge in [-0.15, -0.1) is 0 Å². The molecule has 0 aliphatic carbocycles. The summed E-state index contributed by atoms with van der Waals surface area (Å²) in [4.78, 5) is 23.2. The number of primary amides is 2. The molecule has 0 aliphatic rings. The molecule has 0 aliphatic heterocycles. The first kappa shape index (κ1) is 32.1. The lowest BCUT2D eigenvalue weighted by atomic mass is 9.84. The smallest absolute Gasteiger partial charge is 0.249 e. The first-order valence-corrected chi connectivity index (χ1v) is 14.3. The molecule has 0 atom stereocenters. The lowest BCUT2D eigenvalue weighted by Crippen LogP contribution is -2.18. The van der Waals surface area contributed by atoms with E-state index in [2.05, 4.69) is 59.7 Å². The molecule has 0 radical (unpaired) electrons. The van der Waals surface area contributed by atoms with Crippen LogP contribution in [0.25, 0.3) is 0 Å². The number of carbonyl (C=O) groups excluding carboxylic acids is 2. The van der Waals surface area contributed by atoms with Crippen LogP contribution in [0, 0.1) is 0 Å². The van der Waals surface area contributed by atoms with Crippen molar-refractivity contribution in [2.24, 2.45) is 11.5 Å². The summed E-state index contributed by atoms with van der Waals surface area (Å²) in [5.74, 6) is -0.00489. The van der Waals surface area contributed by atoms with Crippen molar-refractivity contribution in [3.05, 3.63) is 136 Å². The zero-order chi connectivity index (χ0) is 30.9. The Morgan fingerprint density at radius 1 is 0.595 bits per heavy atom. The summed E-state index contributed by atoms with van der Waals surface area (Å²) in [5, 5.41) is 0. The number of benzene rings is 4. The molecule has 4 rings (SSSR count). The van der Waals surface area contributed by atoms with E-state index in [-0.39, 0.29) is 16.7 Å². The molecule has 5 nitrogen and oxygen atoms in total. The molecule has 0 saturated heterocycles. The second-order valence-corrected chi connectivity index (χ2v) is 12.6. The normalized spacial score (nSPS) is 11.3. The third-order valence-electron chi connectivity index (χ3n) is 7.14. The Kier molecular flexibility index (Phi) is 10.7. The van der Waals surface area contributed by atoms with Gasteiger partial charge in [0.1, 0.15) is 12.4 Å². The Bertz CT molecular complexity index is 1370. The summed E-state index contributed by atoms with van der Waals surface area (Å²) in [5.41, 5.74) is 17.7. The van der Waals surface area contributed by atoms with Gasteiger partial charge in [-0.1, -0.05) is 114 Å². The molecule has 5 heteroatoms. The van der Waals surface area contributed by atoms with Crippen molar-refractivity contribution < 1.29 is 14.3 Å². The van der Waals surface area contributed by atoms with Crippen molar-refractivity contribution in [1.82, 2.24) is 0 Å². The van der Waals surface area contributed by atoms with Gasteiger partial charge in [0.2, 0.25) is 11.8 Å². The lowest BCUT2D eigenvalue weighted by molar-refractivity contribution is 0.0990. The second-order valence-electron chi connectivity index (χ2n) is 12.6. The predicted molar refractivity (Wildman–Crippen MR) is 172 cm³/mol. The van der Waals surface area contributed by atoms with Crippen molar-refractivity contribution >= 4 is 11.8 Å². The molecule has 220 valence electrons. The first-order chi connectivity index (χ1) is 19.8. The fourth-order valence-electron chi connectivity index (χ4n) is 4.53. The molecule has 0 fully saturated rings. The molecule has 4 aromatic carbocycles. The number of hydrogen-bond donors (Lipinski definition) is 2. The lowest BCUT2D eigenvalue weighted by Gasteiger charge is -2.21. The molecule has 4 N–H and O–H groups in total. The van der Waals surface area contributed by atoms with E-state index in [0.717, 1.165) is 35.3 Å². The molecule has 0 aromatic heterocycles. The first-order valence-electron chi connectivity index (χ1n) is 14.3. The van der Waals surface area contributed by atoms with Crippen LogP contribution in [0.2, 0.25) is 0 Å². The molecular weight excluding hydrogens is 520 g/mol. The van der Waals surface area contributed by atoms with E-state index in [4.69, 9.17) is 16.2 Å². The number of hydrogen-bond acceptors (Lipinski definition) is 3. The van der Waals surface area contributed by atoms with E-state index in [9.17, 15) is 9.59 Å². The minimum Gasteiger partial charge on any atom is -0.489 e. The zero-order valence-electron chi connectivity index (χ0n) is 25.7. The van der Waals surface area contributed by atoms with Crippen LogP contribution in [0.4, 0.5) is 0 Å². The summed E-state index contributed by atoms with van der Waals surface area (Å²) in [6.07, 6.45) is 1.74. The molecule has 2 amide bonds.